The highest BCUT2D eigenvalue weighted by Crippen LogP contribution is 2.41. The molecule has 2 nitrogen and oxygen atoms in total. The molecule has 7 aromatic rings. The molecular formula is C48H44N2. The van der Waals surface area contributed by atoms with E-state index in [4.69, 9.17) is 0 Å². The van der Waals surface area contributed by atoms with Crippen molar-refractivity contribution < 1.29 is 0 Å². The summed E-state index contributed by atoms with van der Waals surface area (Å²) < 4.78 is 0. The van der Waals surface area contributed by atoms with Crippen molar-refractivity contribution >= 4 is 60.8 Å². The summed E-state index contributed by atoms with van der Waals surface area (Å²) in [6.07, 6.45) is 15.0. The number of allylic oxidation sites excluding steroid dienone is 4. The lowest BCUT2D eigenvalue weighted by atomic mass is 9.93. The molecule has 0 spiro atoms. The van der Waals surface area contributed by atoms with Gasteiger partial charge in [-0.3, -0.25) is 0 Å². The molecule has 2 atom stereocenters. The average Bonchev–Trinajstić information content (AvgIpc) is 3.18. The second-order valence-electron chi connectivity index (χ2n) is 13.6. The Bertz CT molecular complexity index is 2280. The first-order valence-electron chi connectivity index (χ1n) is 18.2. The van der Waals surface area contributed by atoms with Gasteiger partial charge in [-0.1, -0.05) is 135 Å². The summed E-state index contributed by atoms with van der Waals surface area (Å²) in [6.45, 7) is 2.34. The number of hydrogen-bond donors (Lipinski definition) is 0. The summed E-state index contributed by atoms with van der Waals surface area (Å²) >= 11 is 0. The molecule has 0 saturated heterocycles. The molecule has 0 amide bonds. The molecule has 2 unspecified atom stereocenters. The SMILES string of the molecule is CCC(CCCC1C=CC=CC1)N(c1ccccc1)c1ccc2c(ccc3cc(N(c4ccccc4)c4cccc5ccccc45)ccc32)c1. The minimum Gasteiger partial charge on any atom is -0.338 e. The standard InChI is InChI=1S/C48H44N2/c1-2-40(25-14-18-36-16-6-3-7-17-36)49(41-21-8-4-9-22-41)43-30-32-45-38(34-43)28-29-39-35-44(31-33-46(39)45)50(42-23-10-5-11-24-42)48-27-15-20-37-19-12-13-26-47(37)48/h3-13,15-16,19-24,26-36,40H,2,14,17-18,25H2,1H3. The van der Waals surface area contributed by atoms with E-state index in [1.165, 1.54) is 75.1 Å². The zero-order chi connectivity index (χ0) is 33.7. The number of hydrogen-bond acceptors (Lipinski definition) is 2. The molecule has 2 heteroatoms. The van der Waals surface area contributed by atoms with Crippen LogP contribution in [0, 0.1) is 5.92 Å². The van der Waals surface area contributed by atoms with Gasteiger partial charge in [0, 0.05) is 34.2 Å². The van der Waals surface area contributed by atoms with Crippen molar-refractivity contribution in [3.63, 3.8) is 0 Å². The fourth-order valence-electron chi connectivity index (χ4n) is 7.88. The van der Waals surface area contributed by atoms with E-state index in [1.54, 1.807) is 0 Å². The van der Waals surface area contributed by atoms with Gasteiger partial charge >= 0.3 is 0 Å². The van der Waals surface area contributed by atoms with Crippen molar-refractivity contribution in [2.75, 3.05) is 9.80 Å². The Labute approximate surface area is 296 Å². The maximum Gasteiger partial charge on any atom is 0.0540 e. The van der Waals surface area contributed by atoms with Crippen molar-refractivity contribution in [2.45, 2.75) is 45.1 Å². The van der Waals surface area contributed by atoms with Crippen LogP contribution in [0.2, 0.25) is 0 Å². The number of anilines is 5. The Morgan fingerprint density at radius 3 is 1.94 bits per heavy atom. The molecule has 50 heavy (non-hydrogen) atoms. The first kappa shape index (κ1) is 31.7. The van der Waals surface area contributed by atoms with Crippen molar-refractivity contribution in [3.8, 4) is 0 Å². The smallest absolute Gasteiger partial charge is 0.0540 e. The fraction of sp³-hybridized carbons (Fsp3) is 0.167. The molecule has 0 aliphatic heterocycles. The zero-order valence-corrected chi connectivity index (χ0v) is 28.8. The molecule has 0 N–H and O–H groups in total. The van der Waals surface area contributed by atoms with E-state index >= 15 is 0 Å². The normalized spacial score (nSPS) is 14.7. The molecule has 1 aliphatic rings. The third kappa shape index (κ3) is 6.42. The van der Waals surface area contributed by atoms with Crippen molar-refractivity contribution in [3.05, 3.63) is 176 Å². The van der Waals surface area contributed by atoms with E-state index in [9.17, 15) is 0 Å². The predicted octanol–water partition coefficient (Wildman–Crippen LogP) is 13.8. The molecule has 0 heterocycles. The molecule has 0 saturated carbocycles. The highest BCUT2D eigenvalue weighted by atomic mass is 15.2. The summed E-state index contributed by atoms with van der Waals surface area (Å²) in [7, 11) is 0. The predicted molar refractivity (Wildman–Crippen MR) is 217 cm³/mol. The fourth-order valence-corrected chi connectivity index (χ4v) is 7.88. The number of rotatable bonds is 11. The second-order valence-corrected chi connectivity index (χ2v) is 13.6. The molecule has 0 radical (unpaired) electrons. The van der Waals surface area contributed by atoms with Crippen LogP contribution in [0.4, 0.5) is 28.4 Å². The lowest BCUT2D eigenvalue weighted by Crippen LogP contribution is -2.30. The van der Waals surface area contributed by atoms with Gasteiger partial charge in [0.05, 0.1) is 5.69 Å². The van der Waals surface area contributed by atoms with Gasteiger partial charge in [-0.15, -0.1) is 0 Å². The third-order valence-electron chi connectivity index (χ3n) is 10.4. The highest BCUT2D eigenvalue weighted by molar-refractivity contribution is 6.10. The Kier molecular flexibility index (Phi) is 9.17. The Morgan fingerprint density at radius 1 is 0.560 bits per heavy atom. The number of nitrogens with zero attached hydrogens (tertiary/aromatic N) is 2. The number of benzene rings is 7. The van der Waals surface area contributed by atoms with Crippen LogP contribution in [0.1, 0.15) is 39.0 Å². The summed E-state index contributed by atoms with van der Waals surface area (Å²) in [5.41, 5.74) is 6.00. The van der Waals surface area contributed by atoms with E-state index in [0.29, 0.717) is 12.0 Å². The minimum atomic E-state index is 0.430. The minimum absolute atomic E-state index is 0.430. The largest absolute Gasteiger partial charge is 0.338 e. The third-order valence-corrected chi connectivity index (χ3v) is 10.4. The highest BCUT2D eigenvalue weighted by Gasteiger charge is 2.21. The van der Waals surface area contributed by atoms with Gasteiger partial charge in [0.2, 0.25) is 0 Å². The van der Waals surface area contributed by atoms with Crippen LogP contribution in [0.3, 0.4) is 0 Å². The second kappa shape index (κ2) is 14.5. The lowest BCUT2D eigenvalue weighted by molar-refractivity contribution is 0.491. The molecule has 7 aromatic carbocycles. The van der Waals surface area contributed by atoms with E-state index < -0.39 is 0 Å². The lowest BCUT2D eigenvalue weighted by Gasteiger charge is -2.34. The van der Waals surface area contributed by atoms with Crippen molar-refractivity contribution in [1.29, 1.82) is 0 Å². The van der Waals surface area contributed by atoms with Gasteiger partial charge in [0.15, 0.2) is 0 Å². The summed E-state index contributed by atoms with van der Waals surface area (Å²) in [6, 6.07) is 56.0. The molecule has 8 rings (SSSR count). The Balaban J connectivity index is 1.15. The molecule has 1 aliphatic carbocycles. The summed E-state index contributed by atoms with van der Waals surface area (Å²) in [5, 5.41) is 7.54. The number of fused-ring (bicyclic) bond motifs is 4. The van der Waals surface area contributed by atoms with Crippen LogP contribution in [0.5, 0.6) is 0 Å². The molecule has 0 aromatic heterocycles. The van der Waals surface area contributed by atoms with Crippen LogP contribution in [-0.4, -0.2) is 6.04 Å². The van der Waals surface area contributed by atoms with Crippen molar-refractivity contribution in [1.82, 2.24) is 0 Å². The van der Waals surface area contributed by atoms with E-state index in [-0.39, 0.29) is 0 Å². The Morgan fingerprint density at radius 2 is 1.22 bits per heavy atom. The maximum atomic E-state index is 2.59. The van der Waals surface area contributed by atoms with E-state index in [0.717, 1.165) is 17.8 Å². The maximum absolute atomic E-state index is 2.59. The summed E-state index contributed by atoms with van der Waals surface area (Å²) in [4.78, 5) is 4.98. The van der Waals surface area contributed by atoms with Crippen LogP contribution in [0.25, 0.3) is 32.3 Å². The first-order valence-corrected chi connectivity index (χ1v) is 18.2. The van der Waals surface area contributed by atoms with Crippen LogP contribution >= 0.6 is 0 Å². The molecular weight excluding hydrogens is 605 g/mol. The van der Waals surface area contributed by atoms with Gasteiger partial charge in [0.1, 0.15) is 0 Å². The molecule has 246 valence electrons. The number of para-hydroxylation sites is 2. The van der Waals surface area contributed by atoms with Crippen LogP contribution in [0.15, 0.2) is 176 Å². The quantitative estimate of drug-likeness (QED) is 0.129. The van der Waals surface area contributed by atoms with Crippen LogP contribution in [-0.2, 0) is 0 Å². The first-order chi connectivity index (χ1) is 24.8. The van der Waals surface area contributed by atoms with Crippen LogP contribution < -0.4 is 9.80 Å². The topological polar surface area (TPSA) is 6.48 Å². The average molecular weight is 649 g/mol. The van der Waals surface area contributed by atoms with Gasteiger partial charge in [-0.2, -0.15) is 0 Å². The van der Waals surface area contributed by atoms with Crippen molar-refractivity contribution in [2.24, 2.45) is 5.92 Å². The van der Waals surface area contributed by atoms with Gasteiger partial charge in [0.25, 0.3) is 0 Å². The molecule has 0 bridgehead atoms. The van der Waals surface area contributed by atoms with Gasteiger partial charge < -0.3 is 9.80 Å². The zero-order valence-electron chi connectivity index (χ0n) is 28.8. The van der Waals surface area contributed by atoms with E-state index in [1.807, 2.05) is 0 Å². The summed E-state index contributed by atoms with van der Waals surface area (Å²) in [5.74, 6) is 0.670. The Hall–Kier alpha value is -5.60. The van der Waals surface area contributed by atoms with Gasteiger partial charge in [-0.05, 0) is 113 Å². The monoisotopic (exact) mass is 648 g/mol. The molecule has 0 fully saturated rings. The van der Waals surface area contributed by atoms with E-state index in [2.05, 4.69) is 193 Å². The van der Waals surface area contributed by atoms with Gasteiger partial charge in [-0.25, -0.2) is 0 Å².